The van der Waals surface area contributed by atoms with Gasteiger partial charge in [-0.05, 0) is 0 Å². The van der Waals surface area contributed by atoms with Crippen LogP contribution in [0.5, 0.6) is 0 Å². The SMILES string of the molecule is Nc1cc(C=O)n([C@@H]2O[C@H](CO)[C@@H](O)[C@H]2O)c(=O)n1. The van der Waals surface area contributed by atoms with Gasteiger partial charge in [0.25, 0.3) is 0 Å². The highest BCUT2D eigenvalue weighted by molar-refractivity contribution is 5.73. The van der Waals surface area contributed by atoms with Crippen LogP contribution in [-0.2, 0) is 4.74 Å². The zero-order valence-electron chi connectivity index (χ0n) is 9.71. The minimum atomic E-state index is -1.47. The quantitative estimate of drug-likeness (QED) is 0.432. The fraction of sp³-hybridized carbons (Fsp3) is 0.500. The van der Waals surface area contributed by atoms with Crippen molar-refractivity contribution in [3.8, 4) is 0 Å². The van der Waals surface area contributed by atoms with Crippen molar-refractivity contribution in [2.24, 2.45) is 0 Å². The number of aliphatic hydroxyl groups is 3. The average molecular weight is 271 g/mol. The number of hydrogen-bond acceptors (Lipinski definition) is 8. The summed E-state index contributed by atoms with van der Waals surface area (Å²) in [5.74, 6) is -0.143. The molecule has 9 heteroatoms. The molecule has 1 fully saturated rings. The number of ether oxygens (including phenoxy) is 1. The Morgan fingerprint density at radius 2 is 2.16 bits per heavy atom. The van der Waals surface area contributed by atoms with Crippen LogP contribution in [0, 0.1) is 0 Å². The summed E-state index contributed by atoms with van der Waals surface area (Å²) < 4.78 is 5.94. The number of hydrogen-bond donors (Lipinski definition) is 4. The standard InChI is InChI=1S/C10H13N3O6/c11-6-1-4(2-14)13(10(18)12-6)9-8(17)7(16)5(3-15)19-9/h1-2,5,7-9,15-17H,3H2,(H2,11,12,18)/t5-,7-,8-,9-/m1/s1. The predicted molar refractivity (Wildman–Crippen MR) is 61.3 cm³/mol. The monoisotopic (exact) mass is 271 g/mol. The smallest absolute Gasteiger partial charge is 0.352 e. The topological polar surface area (TPSA) is 148 Å². The van der Waals surface area contributed by atoms with Gasteiger partial charge in [-0.3, -0.25) is 9.36 Å². The van der Waals surface area contributed by atoms with Crippen molar-refractivity contribution in [1.82, 2.24) is 9.55 Å². The molecule has 0 saturated carbocycles. The summed E-state index contributed by atoms with van der Waals surface area (Å²) in [6, 6.07) is 1.14. The molecule has 0 aromatic carbocycles. The van der Waals surface area contributed by atoms with E-state index in [-0.39, 0.29) is 11.5 Å². The van der Waals surface area contributed by atoms with Crippen molar-refractivity contribution in [1.29, 1.82) is 0 Å². The summed E-state index contributed by atoms with van der Waals surface area (Å²) >= 11 is 0. The van der Waals surface area contributed by atoms with E-state index < -0.39 is 36.8 Å². The fourth-order valence-electron chi connectivity index (χ4n) is 1.97. The zero-order chi connectivity index (χ0) is 14.2. The van der Waals surface area contributed by atoms with Crippen LogP contribution >= 0.6 is 0 Å². The molecule has 19 heavy (non-hydrogen) atoms. The first-order chi connectivity index (χ1) is 8.99. The van der Waals surface area contributed by atoms with E-state index in [2.05, 4.69) is 4.98 Å². The highest BCUT2D eigenvalue weighted by atomic mass is 16.6. The van der Waals surface area contributed by atoms with E-state index in [1.54, 1.807) is 0 Å². The Kier molecular flexibility index (Phi) is 3.62. The van der Waals surface area contributed by atoms with Gasteiger partial charge in [0.2, 0.25) is 0 Å². The van der Waals surface area contributed by atoms with Gasteiger partial charge < -0.3 is 25.8 Å². The second kappa shape index (κ2) is 5.05. The molecule has 2 heterocycles. The largest absolute Gasteiger partial charge is 0.394 e. The van der Waals surface area contributed by atoms with E-state index in [4.69, 9.17) is 15.6 Å². The number of carbonyl (C=O) groups excluding carboxylic acids is 1. The number of aldehydes is 1. The van der Waals surface area contributed by atoms with E-state index in [0.29, 0.717) is 6.29 Å². The van der Waals surface area contributed by atoms with Gasteiger partial charge in [-0.2, -0.15) is 4.98 Å². The minimum Gasteiger partial charge on any atom is -0.394 e. The first-order valence-corrected chi connectivity index (χ1v) is 5.46. The molecule has 1 saturated heterocycles. The highest BCUT2D eigenvalue weighted by Crippen LogP contribution is 2.28. The maximum Gasteiger partial charge on any atom is 0.352 e. The molecule has 0 unspecified atom stereocenters. The third-order valence-electron chi connectivity index (χ3n) is 2.90. The maximum absolute atomic E-state index is 11.7. The van der Waals surface area contributed by atoms with Gasteiger partial charge in [0.05, 0.1) is 12.3 Å². The maximum atomic E-state index is 11.7. The lowest BCUT2D eigenvalue weighted by molar-refractivity contribution is -0.0554. The third-order valence-corrected chi connectivity index (χ3v) is 2.90. The van der Waals surface area contributed by atoms with Crippen LogP contribution in [0.15, 0.2) is 10.9 Å². The summed E-state index contributed by atoms with van der Waals surface area (Å²) in [5, 5.41) is 28.4. The molecule has 9 nitrogen and oxygen atoms in total. The van der Waals surface area contributed by atoms with Crippen LogP contribution in [0.4, 0.5) is 5.82 Å². The summed E-state index contributed by atoms with van der Waals surface area (Å²) in [7, 11) is 0. The molecule has 1 aromatic rings. The molecule has 1 aliphatic heterocycles. The van der Waals surface area contributed by atoms with Gasteiger partial charge in [0.1, 0.15) is 24.1 Å². The summed E-state index contributed by atoms with van der Waals surface area (Å²) in [6.45, 7) is -0.539. The third kappa shape index (κ3) is 2.24. The molecule has 5 N–H and O–H groups in total. The molecule has 4 atom stereocenters. The van der Waals surface area contributed by atoms with Gasteiger partial charge in [-0.15, -0.1) is 0 Å². The van der Waals surface area contributed by atoms with Crippen LogP contribution in [0.2, 0.25) is 0 Å². The number of rotatable bonds is 3. The number of aliphatic hydroxyl groups excluding tert-OH is 3. The van der Waals surface area contributed by atoms with Crippen LogP contribution < -0.4 is 11.4 Å². The summed E-state index contributed by atoms with van der Waals surface area (Å²) in [5.41, 5.74) is 4.30. The first-order valence-electron chi connectivity index (χ1n) is 5.46. The first kappa shape index (κ1) is 13.6. The van der Waals surface area contributed by atoms with Crippen molar-refractivity contribution in [3.05, 3.63) is 22.2 Å². The average Bonchev–Trinajstić information content (AvgIpc) is 2.65. The molecule has 0 aliphatic carbocycles. The number of nitrogens with zero attached hydrogens (tertiary/aromatic N) is 2. The molecular formula is C10H13N3O6. The van der Waals surface area contributed by atoms with Crippen LogP contribution in [0.25, 0.3) is 0 Å². The summed E-state index contributed by atoms with van der Waals surface area (Å²) in [4.78, 5) is 26.1. The Balaban J connectivity index is 2.48. The molecule has 0 spiro atoms. The van der Waals surface area contributed by atoms with E-state index in [1.807, 2.05) is 0 Å². The minimum absolute atomic E-state index is 0.143. The molecule has 0 amide bonds. The van der Waals surface area contributed by atoms with Crippen molar-refractivity contribution in [2.75, 3.05) is 12.3 Å². The van der Waals surface area contributed by atoms with Gasteiger partial charge in [0, 0.05) is 6.07 Å². The Morgan fingerprint density at radius 1 is 1.47 bits per heavy atom. The van der Waals surface area contributed by atoms with Crippen molar-refractivity contribution in [2.45, 2.75) is 24.5 Å². The normalized spacial score (nSPS) is 30.5. The Morgan fingerprint density at radius 3 is 2.68 bits per heavy atom. The second-order valence-electron chi connectivity index (χ2n) is 4.11. The predicted octanol–water partition coefficient (Wildman–Crippen LogP) is -2.75. The molecule has 0 bridgehead atoms. The molecule has 2 rings (SSSR count). The summed E-state index contributed by atoms with van der Waals surface area (Å²) in [6.07, 6.45) is -4.86. The van der Waals surface area contributed by atoms with E-state index >= 15 is 0 Å². The Bertz CT molecular complexity index is 545. The van der Waals surface area contributed by atoms with E-state index in [9.17, 15) is 19.8 Å². The number of anilines is 1. The Hall–Kier alpha value is -1.81. The molecule has 1 aliphatic rings. The lowest BCUT2D eigenvalue weighted by Crippen LogP contribution is -2.37. The fourth-order valence-corrected chi connectivity index (χ4v) is 1.97. The van der Waals surface area contributed by atoms with Crippen molar-refractivity contribution >= 4 is 12.1 Å². The Labute approximate surface area is 106 Å². The van der Waals surface area contributed by atoms with Crippen LogP contribution in [0.3, 0.4) is 0 Å². The number of carbonyl (C=O) groups is 1. The number of nitrogen functional groups attached to an aromatic ring is 1. The highest BCUT2D eigenvalue weighted by Gasteiger charge is 2.44. The molecular weight excluding hydrogens is 258 g/mol. The van der Waals surface area contributed by atoms with Crippen LogP contribution in [-0.4, -0.2) is 56.1 Å². The number of aromatic nitrogens is 2. The molecule has 0 radical (unpaired) electrons. The van der Waals surface area contributed by atoms with Gasteiger partial charge in [-0.1, -0.05) is 0 Å². The zero-order valence-corrected chi connectivity index (χ0v) is 9.71. The lowest BCUT2D eigenvalue weighted by atomic mass is 10.1. The van der Waals surface area contributed by atoms with E-state index in [0.717, 1.165) is 10.6 Å². The molecule has 104 valence electrons. The van der Waals surface area contributed by atoms with Crippen molar-refractivity contribution in [3.63, 3.8) is 0 Å². The lowest BCUT2D eigenvalue weighted by Gasteiger charge is -2.19. The van der Waals surface area contributed by atoms with Gasteiger partial charge in [0.15, 0.2) is 12.5 Å². The number of nitrogens with two attached hydrogens (primary N) is 1. The van der Waals surface area contributed by atoms with Crippen molar-refractivity contribution < 1.29 is 24.9 Å². The van der Waals surface area contributed by atoms with E-state index in [1.165, 1.54) is 0 Å². The van der Waals surface area contributed by atoms with Gasteiger partial charge in [-0.25, -0.2) is 4.79 Å². The molecule has 1 aromatic heterocycles. The second-order valence-corrected chi connectivity index (χ2v) is 4.11. The van der Waals surface area contributed by atoms with Crippen LogP contribution in [0.1, 0.15) is 16.7 Å². The van der Waals surface area contributed by atoms with Gasteiger partial charge >= 0.3 is 5.69 Å².